The second-order valence-corrected chi connectivity index (χ2v) is 10.4. The zero-order chi connectivity index (χ0) is 23.6. The first-order valence-corrected chi connectivity index (χ1v) is 12.1. The molecule has 1 saturated heterocycles. The largest absolute Gasteiger partial charge is 0.740 e. The molecular formula is C20H28ClN6O4S-. The Kier molecular flexibility index (Phi) is 7.33. The van der Waals surface area contributed by atoms with Crippen LogP contribution in [0.1, 0.15) is 38.2 Å². The van der Waals surface area contributed by atoms with Gasteiger partial charge in [-0.05, 0) is 56.1 Å². The summed E-state index contributed by atoms with van der Waals surface area (Å²) < 4.78 is 28.6. The SMILES string of the molecule is CC(C)c1cc(Cl)cc(NC(=O)N([O-])S(=O)(=O)N(c2cnn(C)c2)C2CCCN(C)C2)c1. The summed E-state index contributed by atoms with van der Waals surface area (Å²) in [4.78, 5) is 14.6. The number of hydroxylamine groups is 1. The van der Waals surface area contributed by atoms with Gasteiger partial charge in [-0.1, -0.05) is 25.4 Å². The lowest BCUT2D eigenvalue weighted by Crippen LogP contribution is -2.54. The summed E-state index contributed by atoms with van der Waals surface area (Å²) in [6.07, 6.45) is 4.19. The summed E-state index contributed by atoms with van der Waals surface area (Å²) in [5.41, 5.74) is 1.31. The topological polar surface area (TPSA) is 114 Å². The summed E-state index contributed by atoms with van der Waals surface area (Å²) >= 11 is 6.11. The number of anilines is 2. The standard InChI is InChI=1S/C20H28ClN6O4S/c1-14(2)15-8-16(21)10-17(9-15)23-20(28)27(29)32(30,31)26(19-11-22-25(4)13-19)18-6-5-7-24(3)12-18/h8-11,13-14,18H,5-7,12H2,1-4H3,(H,23,28)/q-1. The highest BCUT2D eigenvalue weighted by Gasteiger charge is 2.36. The van der Waals surface area contributed by atoms with Gasteiger partial charge in [0, 0.05) is 30.5 Å². The zero-order valence-electron chi connectivity index (χ0n) is 18.5. The fourth-order valence-corrected chi connectivity index (χ4v) is 5.32. The highest BCUT2D eigenvalue weighted by atomic mass is 35.5. The zero-order valence-corrected chi connectivity index (χ0v) is 20.1. The second-order valence-electron chi connectivity index (χ2n) is 8.32. The van der Waals surface area contributed by atoms with Gasteiger partial charge in [0.2, 0.25) is 0 Å². The van der Waals surface area contributed by atoms with E-state index in [9.17, 15) is 18.4 Å². The maximum absolute atomic E-state index is 13.3. The van der Waals surface area contributed by atoms with Crippen LogP contribution in [0.15, 0.2) is 30.6 Å². The Balaban J connectivity index is 1.89. The van der Waals surface area contributed by atoms with Crippen LogP contribution < -0.4 is 9.62 Å². The lowest BCUT2D eigenvalue weighted by atomic mass is 10.0. The smallest absolute Gasteiger partial charge is 0.326 e. The number of benzene rings is 1. The van der Waals surface area contributed by atoms with Gasteiger partial charge < -0.3 is 15.4 Å². The molecule has 1 atom stereocenters. The number of amides is 2. The van der Waals surface area contributed by atoms with E-state index in [1.807, 2.05) is 25.8 Å². The first-order chi connectivity index (χ1) is 15.0. The molecular weight excluding hydrogens is 456 g/mol. The third-order valence-corrected chi connectivity index (χ3v) is 7.15. The number of likely N-dealkylation sites (tertiary alicyclic amines) is 1. The highest BCUT2D eigenvalue weighted by Crippen LogP contribution is 2.28. The predicted molar refractivity (Wildman–Crippen MR) is 125 cm³/mol. The minimum Gasteiger partial charge on any atom is -0.740 e. The fourth-order valence-electron chi connectivity index (χ4n) is 3.76. The van der Waals surface area contributed by atoms with Gasteiger partial charge in [-0.25, -0.2) is 9.10 Å². The van der Waals surface area contributed by atoms with Gasteiger partial charge >= 0.3 is 16.2 Å². The molecule has 2 aromatic rings. The van der Waals surface area contributed by atoms with Crippen molar-refractivity contribution in [2.24, 2.45) is 7.05 Å². The molecule has 1 unspecified atom stereocenters. The molecule has 1 N–H and O–H groups in total. The van der Waals surface area contributed by atoms with Gasteiger partial charge in [0.1, 0.15) is 0 Å². The molecule has 3 rings (SSSR count). The number of aromatic nitrogens is 2. The molecule has 1 aliphatic rings. The molecule has 2 amide bonds. The highest BCUT2D eigenvalue weighted by molar-refractivity contribution is 7.91. The predicted octanol–water partition coefficient (Wildman–Crippen LogP) is 3.37. The number of halogens is 1. The van der Waals surface area contributed by atoms with Crippen molar-refractivity contribution >= 4 is 39.2 Å². The van der Waals surface area contributed by atoms with Crippen LogP contribution in [0, 0.1) is 5.21 Å². The summed E-state index contributed by atoms with van der Waals surface area (Å²) in [6.45, 7) is 5.16. The molecule has 1 aromatic heterocycles. The van der Waals surface area contributed by atoms with E-state index in [0.717, 1.165) is 22.8 Å². The first-order valence-electron chi connectivity index (χ1n) is 10.3. The van der Waals surface area contributed by atoms with Crippen molar-refractivity contribution in [2.45, 2.75) is 38.6 Å². The summed E-state index contributed by atoms with van der Waals surface area (Å²) in [5.74, 6) is 0.126. The Morgan fingerprint density at radius 1 is 1.31 bits per heavy atom. The number of carbonyl (C=O) groups is 1. The Bertz CT molecular complexity index is 1070. The number of piperidine rings is 1. The van der Waals surface area contributed by atoms with Gasteiger partial charge in [0.25, 0.3) is 0 Å². The number of likely N-dealkylation sites (N-methyl/N-ethyl adjacent to an activating group) is 1. The number of aryl methyl sites for hydroxylation is 1. The average molecular weight is 484 g/mol. The maximum Gasteiger partial charge on any atom is 0.326 e. The van der Waals surface area contributed by atoms with Crippen LogP contribution in [0.4, 0.5) is 16.2 Å². The van der Waals surface area contributed by atoms with Gasteiger partial charge in [-0.15, -0.1) is 0 Å². The molecule has 0 spiro atoms. The Hall–Kier alpha value is -2.34. The van der Waals surface area contributed by atoms with Crippen LogP contribution in [0.3, 0.4) is 0 Å². The lowest BCUT2D eigenvalue weighted by molar-refractivity contribution is 0.241. The third-order valence-electron chi connectivity index (χ3n) is 5.34. The average Bonchev–Trinajstić information content (AvgIpc) is 3.12. The molecule has 176 valence electrons. The van der Waals surface area contributed by atoms with Crippen molar-refractivity contribution in [1.82, 2.24) is 19.1 Å². The molecule has 32 heavy (non-hydrogen) atoms. The summed E-state index contributed by atoms with van der Waals surface area (Å²) in [7, 11) is -1.20. The van der Waals surface area contributed by atoms with Crippen LogP contribution in [0.25, 0.3) is 0 Å². The van der Waals surface area contributed by atoms with E-state index in [-0.39, 0.29) is 17.3 Å². The van der Waals surface area contributed by atoms with E-state index in [4.69, 9.17) is 11.6 Å². The van der Waals surface area contributed by atoms with E-state index >= 15 is 0 Å². The van der Waals surface area contributed by atoms with Crippen molar-refractivity contribution in [2.75, 3.05) is 29.8 Å². The van der Waals surface area contributed by atoms with Crippen molar-refractivity contribution < 1.29 is 13.2 Å². The van der Waals surface area contributed by atoms with Crippen LogP contribution in [-0.4, -0.2) is 59.8 Å². The maximum atomic E-state index is 13.3. The van der Waals surface area contributed by atoms with E-state index in [0.29, 0.717) is 18.0 Å². The van der Waals surface area contributed by atoms with Gasteiger partial charge in [-0.3, -0.25) is 9.15 Å². The van der Waals surface area contributed by atoms with Crippen molar-refractivity contribution in [3.8, 4) is 0 Å². The van der Waals surface area contributed by atoms with Crippen molar-refractivity contribution in [3.05, 3.63) is 46.4 Å². The van der Waals surface area contributed by atoms with E-state index in [2.05, 4.69) is 10.4 Å². The summed E-state index contributed by atoms with van der Waals surface area (Å²) in [6, 6.07) is 3.04. The number of nitrogens with zero attached hydrogens (tertiary/aromatic N) is 5. The van der Waals surface area contributed by atoms with Crippen LogP contribution >= 0.6 is 11.6 Å². The quantitative estimate of drug-likeness (QED) is 0.630. The minimum absolute atomic E-state index is 0.126. The van der Waals surface area contributed by atoms with E-state index < -0.39 is 26.8 Å². The Labute approximate surface area is 193 Å². The summed E-state index contributed by atoms with van der Waals surface area (Å²) in [5, 5.41) is 19.6. The van der Waals surface area contributed by atoms with E-state index in [1.165, 1.54) is 23.1 Å². The molecule has 0 radical (unpaired) electrons. The van der Waals surface area contributed by atoms with Gasteiger partial charge in [0.15, 0.2) is 0 Å². The molecule has 0 aliphatic carbocycles. The molecule has 1 aliphatic heterocycles. The van der Waals surface area contributed by atoms with Crippen LogP contribution in [0.5, 0.6) is 0 Å². The Morgan fingerprint density at radius 2 is 2.03 bits per heavy atom. The molecule has 2 heterocycles. The normalized spacial score (nSPS) is 17.4. The van der Waals surface area contributed by atoms with Gasteiger partial charge in [-0.2, -0.15) is 13.5 Å². The second kappa shape index (κ2) is 9.65. The molecule has 12 heteroatoms. The number of rotatable bonds is 6. The first kappa shape index (κ1) is 24.3. The Morgan fingerprint density at radius 3 is 2.62 bits per heavy atom. The molecule has 1 aromatic carbocycles. The fraction of sp³-hybridized carbons (Fsp3) is 0.500. The van der Waals surface area contributed by atoms with Crippen molar-refractivity contribution in [1.29, 1.82) is 0 Å². The minimum atomic E-state index is -4.73. The number of hydrogen-bond acceptors (Lipinski definition) is 6. The van der Waals surface area contributed by atoms with Gasteiger partial charge in [0.05, 0.1) is 17.9 Å². The molecule has 0 saturated carbocycles. The van der Waals surface area contributed by atoms with Crippen LogP contribution in [0.2, 0.25) is 5.02 Å². The van der Waals surface area contributed by atoms with Crippen molar-refractivity contribution in [3.63, 3.8) is 0 Å². The molecule has 0 bridgehead atoms. The van der Waals surface area contributed by atoms with E-state index in [1.54, 1.807) is 19.2 Å². The third kappa shape index (κ3) is 5.34. The molecule has 10 nitrogen and oxygen atoms in total. The monoisotopic (exact) mass is 483 g/mol. The number of carbonyl (C=O) groups excluding carboxylic acids is 1. The van der Waals surface area contributed by atoms with Crippen LogP contribution in [-0.2, 0) is 17.3 Å². The number of hydrogen-bond donors (Lipinski definition) is 1. The number of nitrogens with one attached hydrogen (secondary N) is 1. The lowest BCUT2D eigenvalue weighted by Gasteiger charge is -2.41. The number of urea groups is 1. The molecule has 1 fully saturated rings.